The highest BCUT2D eigenvalue weighted by Gasteiger charge is 2.26. The molecule has 0 aliphatic carbocycles. The van der Waals surface area contributed by atoms with Gasteiger partial charge in [0.25, 0.3) is 5.91 Å². The lowest BCUT2D eigenvalue weighted by Crippen LogP contribution is -2.69. The highest BCUT2D eigenvalue weighted by Crippen LogP contribution is 2.06. The maximum Gasteiger partial charge on any atom is 0.328 e. The monoisotopic (exact) mass is 329 g/mol. The summed E-state index contributed by atoms with van der Waals surface area (Å²) in [5.74, 6) is -0.275. The number of esters is 1. The predicted octanol–water partition coefficient (Wildman–Crippen LogP) is 0.965. The summed E-state index contributed by atoms with van der Waals surface area (Å²) in [4.78, 5) is 24.0. The molecule has 4 N–H and O–H groups in total. The minimum Gasteiger partial charge on any atom is -0.467 e. The first-order valence-corrected chi connectivity index (χ1v) is 7.19. The van der Waals surface area contributed by atoms with E-state index < -0.39 is 12.0 Å². The smallest absolute Gasteiger partial charge is 0.328 e. The molecule has 5 nitrogen and oxygen atoms in total. The first-order valence-electron chi connectivity index (χ1n) is 7.19. The summed E-state index contributed by atoms with van der Waals surface area (Å²) >= 11 is 0. The second-order valence-electron chi connectivity index (χ2n) is 5.60. The van der Waals surface area contributed by atoms with Crippen LogP contribution in [0.2, 0.25) is 0 Å². The van der Waals surface area contributed by atoms with Crippen molar-refractivity contribution >= 4 is 24.3 Å². The van der Waals surface area contributed by atoms with Crippen LogP contribution in [0.25, 0.3) is 0 Å². The minimum atomic E-state index is -0.679. The maximum absolute atomic E-state index is 12.1. The summed E-state index contributed by atoms with van der Waals surface area (Å²) in [6, 6.07) is 8.48. The van der Waals surface area contributed by atoms with Crippen molar-refractivity contribution in [3.8, 4) is 0 Å². The molecule has 6 heteroatoms. The lowest BCUT2D eigenvalue weighted by Gasteiger charge is -2.18. The van der Waals surface area contributed by atoms with Crippen LogP contribution in [0.5, 0.6) is 0 Å². The fraction of sp³-hybridized carbons (Fsp3) is 0.500. The number of nitrogens with one attached hydrogen (secondary N) is 1. The molecule has 1 aromatic rings. The van der Waals surface area contributed by atoms with Crippen LogP contribution in [0.4, 0.5) is 0 Å². The zero-order chi connectivity index (χ0) is 15.8. The number of benzene rings is 1. The normalized spacial score (nSPS) is 13.0. The molecule has 1 rings (SSSR count). The summed E-state index contributed by atoms with van der Waals surface area (Å²) in [5.41, 5.74) is 4.83. The molecule has 0 aliphatic rings. The van der Waals surface area contributed by atoms with E-state index in [1.807, 2.05) is 44.2 Å². The molecule has 2 atom stereocenters. The van der Waals surface area contributed by atoms with E-state index in [0.717, 1.165) is 5.56 Å². The van der Waals surface area contributed by atoms with E-state index in [9.17, 15) is 9.59 Å². The summed E-state index contributed by atoms with van der Waals surface area (Å²) in [7, 11) is 1.32. The lowest BCUT2D eigenvalue weighted by atomic mass is 10.0. The van der Waals surface area contributed by atoms with Crippen LogP contribution < -0.4 is 11.1 Å². The Morgan fingerprint density at radius 1 is 1.23 bits per heavy atom. The number of carbonyl (C=O) groups excluding carboxylic acids is 2. The molecule has 1 aromatic carbocycles. The number of hydrogen-bond acceptors (Lipinski definition) is 3. The number of halogens is 1. The molecular formula is C16H26ClN2O3+. The molecule has 22 heavy (non-hydrogen) atoms. The first-order chi connectivity index (χ1) is 9.93. The zero-order valence-corrected chi connectivity index (χ0v) is 14.2. The van der Waals surface area contributed by atoms with Gasteiger partial charge in [0.15, 0.2) is 6.04 Å². The minimum absolute atomic E-state index is 0. The fourth-order valence-corrected chi connectivity index (χ4v) is 2.15. The Balaban J connectivity index is 0.00000441. The first kappa shape index (κ1) is 20.4. The summed E-state index contributed by atoms with van der Waals surface area (Å²) in [6.45, 7) is 4.07. The average Bonchev–Trinajstić information content (AvgIpc) is 2.46. The number of rotatable bonds is 7. The zero-order valence-electron chi connectivity index (χ0n) is 13.4. The van der Waals surface area contributed by atoms with Crippen LogP contribution in [0.1, 0.15) is 25.8 Å². The van der Waals surface area contributed by atoms with E-state index in [-0.39, 0.29) is 24.4 Å². The highest BCUT2D eigenvalue weighted by molar-refractivity contribution is 5.86. The Kier molecular flexibility index (Phi) is 9.45. The van der Waals surface area contributed by atoms with Crippen molar-refractivity contribution in [2.24, 2.45) is 5.92 Å². The third-order valence-corrected chi connectivity index (χ3v) is 3.21. The van der Waals surface area contributed by atoms with Gasteiger partial charge in [-0.05, 0) is 11.5 Å². The summed E-state index contributed by atoms with van der Waals surface area (Å²) in [6.07, 6.45) is 1.10. The van der Waals surface area contributed by atoms with Crippen molar-refractivity contribution in [3.05, 3.63) is 35.9 Å². The Morgan fingerprint density at radius 2 is 1.82 bits per heavy atom. The Labute approximate surface area is 138 Å². The molecule has 1 amide bonds. The van der Waals surface area contributed by atoms with Gasteiger partial charge in [-0.3, -0.25) is 4.79 Å². The topological polar surface area (TPSA) is 83.0 Å². The van der Waals surface area contributed by atoms with E-state index in [2.05, 4.69) is 11.1 Å². The molecule has 0 spiro atoms. The van der Waals surface area contributed by atoms with Gasteiger partial charge in [0.1, 0.15) is 6.04 Å². The number of hydrogen-bond donors (Lipinski definition) is 2. The van der Waals surface area contributed by atoms with Crippen LogP contribution in [-0.2, 0) is 20.7 Å². The quantitative estimate of drug-likeness (QED) is 0.731. The average molecular weight is 330 g/mol. The third-order valence-electron chi connectivity index (χ3n) is 3.21. The number of amides is 1. The van der Waals surface area contributed by atoms with E-state index in [1.54, 1.807) is 0 Å². The van der Waals surface area contributed by atoms with Crippen LogP contribution in [0.15, 0.2) is 30.3 Å². The van der Waals surface area contributed by atoms with Crippen LogP contribution in [-0.4, -0.2) is 31.1 Å². The predicted molar refractivity (Wildman–Crippen MR) is 87.5 cm³/mol. The number of methoxy groups -OCH3 is 1. The van der Waals surface area contributed by atoms with E-state index >= 15 is 0 Å². The number of quaternary nitrogens is 1. The van der Waals surface area contributed by atoms with Gasteiger partial charge in [-0.2, -0.15) is 0 Å². The van der Waals surface area contributed by atoms with Crippen LogP contribution in [0, 0.1) is 5.92 Å². The molecule has 0 unspecified atom stereocenters. The van der Waals surface area contributed by atoms with E-state index in [1.165, 1.54) is 7.11 Å². The Bertz CT molecular complexity index is 466. The standard InChI is InChI=1S/C16H24N2O3.ClH/c1-11(2)9-13(17)15(19)18-14(16(20)21-3)10-12-7-5-4-6-8-12;/h4-8,11,13-14H,9-10,17H2,1-3H3,(H,18,19);1H/p+1/t13-,14-;/m0./s1. The highest BCUT2D eigenvalue weighted by atomic mass is 35.5. The fourth-order valence-electron chi connectivity index (χ4n) is 2.15. The molecule has 0 aromatic heterocycles. The van der Waals surface area contributed by atoms with Gasteiger partial charge in [0.05, 0.1) is 7.11 Å². The lowest BCUT2D eigenvalue weighted by molar-refractivity contribution is -0.406. The van der Waals surface area contributed by atoms with Gasteiger partial charge in [0, 0.05) is 12.8 Å². The second kappa shape index (κ2) is 10.2. The molecular weight excluding hydrogens is 304 g/mol. The van der Waals surface area contributed by atoms with E-state index in [0.29, 0.717) is 18.8 Å². The molecule has 0 heterocycles. The Hall–Kier alpha value is -1.59. The second-order valence-corrected chi connectivity index (χ2v) is 5.60. The summed E-state index contributed by atoms with van der Waals surface area (Å²) in [5, 5.41) is 2.75. The van der Waals surface area contributed by atoms with Gasteiger partial charge in [0.2, 0.25) is 0 Å². The van der Waals surface area contributed by atoms with Crippen LogP contribution >= 0.6 is 12.4 Å². The molecule has 0 fully saturated rings. The molecule has 124 valence electrons. The Morgan fingerprint density at radius 3 is 2.32 bits per heavy atom. The van der Waals surface area contributed by atoms with Crippen molar-refractivity contribution in [2.75, 3.05) is 7.11 Å². The molecule has 0 radical (unpaired) electrons. The third kappa shape index (κ3) is 6.91. The van der Waals surface area contributed by atoms with Crippen molar-refractivity contribution in [1.82, 2.24) is 5.32 Å². The van der Waals surface area contributed by atoms with Gasteiger partial charge >= 0.3 is 5.97 Å². The van der Waals surface area contributed by atoms with Gasteiger partial charge in [-0.15, -0.1) is 12.4 Å². The molecule has 0 aliphatic heterocycles. The van der Waals surface area contributed by atoms with Crippen molar-refractivity contribution in [1.29, 1.82) is 0 Å². The van der Waals surface area contributed by atoms with Gasteiger partial charge in [-0.1, -0.05) is 44.2 Å². The maximum atomic E-state index is 12.1. The molecule has 0 saturated carbocycles. The van der Waals surface area contributed by atoms with Crippen molar-refractivity contribution < 1.29 is 20.1 Å². The molecule has 0 bridgehead atoms. The number of carbonyl (C=O) groups is 2. The van der Waals surface area contributed by atoms with E-state index in [4.69, 9.17) is 4.74 Å². The van der Waals surface area contributed by atoms with Crippen molar-refractivity contribution in [3.63, 3.8) is 0 Å². The largest absolute Gasteiger partial charge is 0.467 e. The van der Waals surface area contributed by atoms with Gasteiger partial charge < -0.3 is 15.8 Å². The van der Waals surface area contributed by atoms with Crippen molar-refractivity contribution in [2.45, 2.75) is 38.8 Å². The summed E-state index contributed by atoms with van der Waals surface area (Å²) < 4.78 is 4.77. The molecule has 0 saturated heterocycles. The SMILES string of the molecule is COC(=O)[C@H](Cc1ccccc1)NC(=O)[C@@H]([NH3+])CC(C)C.Cl. The van der Waals surface area contributed by atoms with Crippen LogP contribution in [0.3, 0.4) is 0 Å². The number of ether oxygens (including phenoxy) is 1. The van der Waals surface area contributed by atoms with Gasteiger partial charge in [-0.25, -0.2) is 4.79 Å².